The van der Waals surface area contributed by atoms with E-state index in [-0.39, 0.29) is 17.8 Å². The third-order valence-electron chi connectivity index (χ3n) is 4.65. The lowest BCUT2D eigenvalue weighted by atomic mass is 10.1. The van der Waals surface area contributed by atoms with Crippen LogP contribution in [-0.2, 0) is 29.1 Å². The maximum absolute atomic E-state index is 13.2. The summed E-state index contributed by atoms with van der Waals surface area (Å²) in [5.74, 6) is 0.542. The molecule has 1 aromatic heterocycles. The Kier molecular flexibility index (Phi) is 4.98. The molecule has 0 saturated carbocycles. The van der Waals surface area contributed by atoms with Crippen LogP contribution in [0.15, 0.2) is 60.8 Å². The van der Waals surface area contributed by atoms with Gasteiger partial charge in [0.1, 0.15) is 18.2 Å². The Morgan fingerprint density at radius 3 is 2.74 bits per heavy atom. The lowest BCUT2D eigenvalue weighted by Crippen LogP contribution is -2.39. The van der Waals surface area contributed by atoms with Crippen LogP contribution in [0, 0.1) is 5.82 Å². The van der Waals surface area contributed by atoms with Gasteiger partial charge in [-0.2, -0.15) is 0 Å². The number of nitrogens with zero attached hydrogens (tertiary/aromatic N) is 2. The minimum atomic E-state index is -0.264. The van der Waals surface area contributed by atoms with Crippen LogP contribution >= 0.6 is 0 Å². The van der Waals surface area contributed by atoms with Gasteiger partial charge in [0.2, 0.25) is 5.91 Å². The summed E-state index contributed by atoms with van der Waals surface area (Å²) in [6, 6.07) is 16.0. The van der Waals surface area contributed by atoms with Crippen LogP contribution in [0.5, 0.6) is 0 Å². The highest BCUT2D eigenvalue weighted by Gasteiger charge is 2.23. The van der Waals surface area contributed by atoms with Crippen molar-refractivity contribution in [1.82, 2.24) is 14.9 Å². The molecular weight excluding hydrogens is 345 g/mol. The molecule has 1 unspecified atom stereocenters. The Bertz CT molecular complexity index is 922. The van der Waals surface area contributed by atoms with E-state index >= 15 is 0 Å². The molecule has 2 aromatic carbocycles. The van der Waals surface area contributed by atoms with Crippen molar-refractivity contribution in [1.29, 1.82) is 0 Å². The van der Waals surface area contributed by atoms with E-state index in [9.17, 15) is 9.18 Å². The van der Waals surface area contributed by atoms with Gasteiger partial charge in [-0.05, 0) is 35.4 Å². The summed E-state index contributed by atoms with van der Waals surface area (Å²) in [4.78, 5) is 16.5. The summed E-state index contributed by atoms with van der Waals surface area (Å²) in [7, 11) is 0. The molecule has 2 heterocycles. The van der Waals surface area contributed by atoms with Crippen LogP contribution in [0.1, 0.15) is 11.4 Å². The third kappa shape index (κ3) is 4.06. The second kappa shape index (κ2) is 7.72. The number of amides is 1. The lowest BCUT2D eigenvalue weighted by molar-refractivity contribution is -0.121. The van der Waals surface area contributed by atoms with Gasteiger partial charge < -0.3 is 14.6 Å². The molecule has 1 aliphatic heterocycles. The SMILES string of the molecule is O=C(Cc1ccccc1)NCC1Cn2c(-c3ccc(F)cc3)cnc2CO1. The van der Waals surface area contributed by atoms with Gasteiger partial charge in [-0.3, -0.25) is 4.79 Å². The third-order valence-corrected chi connectivity index (χ3v) is 4.65. The van der Waals surface area contributed by atoms with Gasteiger partial charge in [-0.15, -0.1) is 0 Å². The van der Waals surface area contributed by atoms with E-state index in [4.69, 9.17) is 4.74 Å². The van der Waals surface area contributed by atoms with Gasteiger partial charge in [0, 0.05) is 6.54 Å². The molecule has 0 fully saturated rings. The maximum Gasteiger partial charge on any atom is 0.224 e. The number of hydrogen-bond donors (Lipinski definition) is 1. The Hall–Kier alpha value is -2.99. The molecule has 5 nitrogen and oxygen atoms in total. The minimum absolute atomic E-state index is 0.0278. The monoisotopic (exact) mass is 365 g/mol. The van der Waals surface area contributed by atoms with Crippen molar-refractivity contribution >= 4 is 5.91 Å². The molecule has 0 saturated heterocycles. The average Bonchev–Trinajstić information content (AvgIpc) is 3.11. The fourth-order valence-corrected chi connectivity index (χ4v) is 3.23. The average molecular weight is 365 g/mol. The zero-order valence-corrected chi connectivity index (χ0v) is 14.8. The van der Waals surface area contributed by atoms with E-state index in [0.29, 0.717) is 26.1 Å². The van der Waals surface area contributed by atoms with E-state index in [0.717, 1.165) is 22.6 Å². The fourth-order valence-electron chi connectivity index (χ4n) is 3.23. The van der Waals surface area contributed by atoms with Gasteiger partial charge in [0.25, 0.3) is 0 Å². The molecule has 138 valence electrons. The highest BCUT2D eigenvalue weighted by atomic mass is 19.1. The molecule has 4 rings (SSSR count). The zero-order valence-electron chi connectivity index (χ0n) is 14.8. The highest BCUT2D eigenvalue weighted by Crippen LogP contribution is 2.25. The zero-order chi connectivity index (χ0) is 18.6. The number of carbonyl (C=O) groups excluding carboxylic acids is 1. The smallest absolute Gasteiger partial charge is 0.224 e. The molecular formula is C21H20FN3O2. The number of fused-ring (bicyclic) bond motifs is 1. The Balaban J connectivity index is 1.39. The number of nitrogens with one attached hydrogen (secondary N) is 1. The summed E-state index contributed by atoms with van der Waals surface area (Å²) in [6.45, 7) is 1.42. The van der Waals surface area contributed by atoms with Crippen LogP contribution < -0.4 is 5.32 Å². The van der Waals surface area contributed by atoms with Crippen LogP contribution in [-0.4, -0.2) is 28.1 Å². The molecule has 1 amide bonds. The number of imidazole rings is 1. The van der Waals surface area contributed by atoms with Crippen molar-refractivity contribution in [3.8, 4) is 11.3 Å². The first kappa shape index (κ1) is 17.4. The first-order valence-corrected chi connectivity index (χ1v) is 8.91. The number of carbonyl (C=O) groups is 1. The van der Waals surface area contributed by atoms with Crippen LogP contribution in [0.4, 0.5) is 4.39 Å². The topological polar surface area (TPSA) is 56.2 Å². The Morgan fingerprint density at radius 2 is 1.96 bits per heavy atom. The summed E-state index contributed by atoms with van der Waals surface area (Å²) < 4.78 is 21.1. The van der Waals surface area contributed by atoms with Crippen LogP contribution in [0.2, 0.25) is 0 Å². The molecule has 0 spiro atoms. The largest absolute Gasteiger partial charge is 0.367 e. The summed E-state index contributed by atoms with van der Waals surface area (Å²) in [5.41, 5.74) is 2.81. The second-order valence-electron chi connectivity index (χ2n) is 6.58. The summed E-state index contributed by atoms with van der Waals surface area (Å²) >= 11 is 0. The molecule has 27 heavy (non-hydrogen) atoms. The number of rotatable bonds is 5. The number of hydrogen-bond acceptors (Lipinski definition) is 3. The first-order chi connectivity index (χ1) is 13.2. The highest BCUT2D eigenvalue weighted by molar-refractivity contribution is 5.78. The van der Waals surface area contributed by atoms with E-state index in [1.807, 2.05) is 30.3 Å². The van der Waals surface area contributed by atoms with E-state index in [1.54, 1.807) is 18.3 Å². The van der Waals surface area contributed by atoms with Gasteiger partial charge in [0.05, 0.1) is 31.0 Å². The fraction of sp³-hybridized carbons (Fsp3) is 0.238. The number of benzene rings is 2. The molecule has 3 aromatic rings. The van der Waals surface area contributed by atoms with Crippen molar-refractivity contribution in [2.75, 3.05) is 6.54 Å². The Morgan fingerprint density at radius 1 is 1.19 bits per heavy atom. The van der Waals surface area contributed by atoms with Gasteiger partial charge in [-0.25, -0.2) is 9.37 Å². The standard InChI is InChI=1S/C21H20FN3O2/c22-17-8-6-16(7-9-17)19-12-23-20-14-27-18(13-25(19)20)11-24-21(26)10-15-4-2-1-3-5-15/h1-9,12,18H,10-11,13-14H2,(H,24,26). The predicted molar refractivity (Wildman–Crippen MR) is 99.4 cm³/mol. The van der Waals surface area contributed by atoms with Crippen LogP contribution in [0.25, 0.3) is 11.3 Å². The molecule has 6 heteroatoms. The van der Waals surface area contributed by atoms with E-state index in [1.165, 1.54) is 12.1 Å². The number of halogens is 1. The lowest BCUT2D eigenvalue weighted by Gasteiger charge is -2.26. The molecule has 0 bridgehead atoms. The van der Waals surface area contributed by atoms with E-state index in [2.05, 4.69) is 14.9 Å². The van der Waals surface area contributed by atoms with Crippen molar-refractivity contribution < 1.29 is 13.9 Å². The summed E-state index contributed by atoms with van der Waals surface area (Å²) in [6.07, 6.45) is 2.00. The molecule has 0 aliphatic carbocycles. The molecule has 0 radical (unpaired) electrons. The predicted octanol–water partition coefficient (Wildman–Crippen LogP) is 2.95. The van der Waals surface area contributed by atoms with Crippen molar-refractivity contribution in [3.63, 3.8) is 0 Å². The number of ether oxygens (including phenoxy) is 1. The van der Waals surface area contributed by atoms with Gasteiger partial charge >= 0.3 is 0 Å². The maximum atomic E-state index is 13.2. The van der Waals surface area contributed by atoms with E-state index < -0.39 is 0 Å². The second-order valence-corrected chi connectivity index (χ2v) is 6.58. The van der Waals surface area contributed by atoms with Crippen LogP contribution in [0.3, 0.4) is 0 Å². The van der Waals surface area contributed by atoms with Gasteiger partial charge in [0.15, 0.2) is 0 Å². The molecule has 1 aliphatic rings. The molecule has 1 N–H and O–H groups in total. The first-order valence-electron chi connectivity index (χ1n) is 8.91. The minimum Gasteiger partial charge on any atom is -0.367 e. The molecule has 1 atom stereocenters. The van der Waals surface area contributed by atoms with Crippen molar-refractivity contribution in [2.24, 2.45) is 0 Å². The summed E-state index contributed by atoms with van der Waals surface area (Å²) in [5, 5.41) is 2.94. The Labute approximate surface area is 156 Å². The van der Waals surface area contributed by atoms with Crippen molar-refractivity contribution in [2.45, 2.75) is 25.7 Å². The quantitative estimate of drug-likeness (QED) is 0.756. The number of aromatic nitrogens is 2. The van der Waals surface area contributed by atoms with Crippen molar-refractivity contribution in [3.05, 3.63) is 78.0 Å². The normalized spacial score (nSPS) is 16.0. The van der Waals surface area contributed by atoms with Gasteiger partial charge in [-0.1, -0.05) is 30.3 Å².